The Kier molecular flexibility index (Phi) is 5.02. The summed E-state index contributed by atoms with van der Waals surface area (Å²) < 4.78 is 0. The van der Waals surface area contributed by atoms with E-state index in [0.29, 0.717) is 42.1 Å². The molecule has 1 amide bonds. The molecule has 1 fully saturated rings. The van der Waals surface area contributed by atoms with Crippen molar-refractivity contribution in [1.29, 1.82) is 0 Å². The minimum atomic E-state index is -0.432. The Morgan fingerprint density at radius 1 is 1.50 bits per heavy atom. The fraction of sp³-hybridized carbons (Fsp3) is 0.400. The number of likely N-dealkylation sites (tertiary alicyclic amines) is 1. The van der Waals surface area contributed by atoms with Crippen LogP contribution in [0.4, 0.5) is 0 Å². The maximum absolute atomic E-state index is 12.2. The molecule has 1 saturated heterocycles. The quantitative estimate of drug-likeness (QED) is 0.808. The number of benzene rings is 1. The minimum Gasteiger partial charge on any atom is -0.395 e. The molecule has 1 atom stereocenters. The van der Waals surface area contributed by atoms with E-state index >= 15 is 0 Å². The number of carbonyl (C=O) groups excluding carboxylic acids is 1. The highest BCUT2D eigenvalue weighted by molar-refractivity contribution is 6.32. The second kappa shape index (κ2) is 6.76. The van der Waals surface area contributed by atoms with Gasteiger partial charge in [-0.05, 0) is 24.6 Å². The highest BCUT2D eigenvalue weighted by atomic mass is 35.5. The molecular weight excluding hydrogens is 278 g/mol. The first kappa shape index (κ1) is 14.9. The Bertz CT molecular complexity index is 562. The van der Waals surface area contributed by atoms with E-state index in [0.717, 1.165) is 0 Å². The fourth-order valence-corrected chi connectivity index (χ4v) is 2.30. The third-order valence-corrected chi connectivity index (χ3v) is 3.44. The molecule has 2 N–H and O–H groups in total. The summed E-state index contributed by atoms with van der Waals surface area (Å²) in [5.74, 6) is 5.51. The third-order valence-electron chi connectivity index (χ3n) is 3.13. The van der Waals surface area contributed by atoms with Gasteiger partial charge in [0.1, 0.15) is 0 Å². The molecule has 4 nitrogen and oxygen atoms in total. The summed E-state index contributed by atoms with van der Waals surface area (Å²) in [4.78, 5) is 13.8. The van der Waals surface area contributed by atoms with Gasteiger partial charge in [-0.1, -0.05) is 23.4 Å². The van der Waals surface area contributed by atoms with Crippen LogP contribution in [0, 0.1) is 11.8 Å². The maximum atomic E-state index is 12.2. The van der Waals surface area contributed by atoms with Crippen molar-refractivity contribution in [2.45, 2.75) is 18.9 Å². The number of hydrogen-bond donors (Lipinski definition) is 2. The number of rotatable bonds is 2. The predicted octanol–water partition coefficient (Wildman–Crippen LogP) is 1.28. The summed E-state index contributed by atoms with van der Waals surface area (Å²) in [6.07, 6.45) is 0.574. The Morgan fingerprint density at radius 2 is 2.30 bits per heavy atom. The van der Waals surface area contributed by atoms with Crippen LogP contribution in [-0.2, 0) is 0 Å². The van der Waals surface area contributed by atoms with E-state index in [1.165, 1.54) is 0 Å². The molecule has 1 aliphatic rings. The molecule has 1 aliphatic heterocycles. The second-order valence-corrected chi connectivity index (χ2v) is 5.07. The van der Waals surface area contributed by atoms with Gasteiger partial charge in [-0.25, -0.2) is 0 Å². The van der Waals surface area contributed by atoms with Gasteiger partial charge >= 0.3 is 0 Å². The summed E-state index contributed by atoms with van der Waals surface area (Å²) in [5, 5.41) is 18.5. The average Bonchev–Trinajstić information content (AvgIpc) is 2.86. The molecule has 106 valence electrons. The molecule has 5 heteroatoms. The molecular formula is C15H16ClNO3. The summed E-state index contributed by atoms with van der Waals surface area (Å²) >= 11 is 6.10. The predicted molar refractivity (Wildman–Crippen MR) is 76.6 cm³/mol. The van der Waals surface area contributed by atoms with E-state index in [9.17, 15) is 9.90 Å². The standard InChI is InChI=1S/C15H16ClNO3/c16-14-9-12(5-4-11(14)3-1-2-8-18)15(20)17-7-6-13(19)10-17/h4-5,9,13,18-19H,2,6-8,10H2. The molecule has 0 spiro atoms. The number of nitrogens with zero attached hydrogens (tertiary/aromatic N) is 1. The van der Waals surface area contributed by atoms with E-state index in [1.807, 2.05) is 0 Å². The van der Waals surface area contributed by atoms with Gasteiger partial charge in [0, 0.05) is 30.6 Å². The SMILES string of the molecule is O=C(c1ccc(C#CCCO)c(Cl)c1)N1CCC(O)C1. The molecule has 1 heterocycles. The first-order valence-electron chi connectivity index (χ1n) is 6.48. The molecule has 0 saturated carbocycles. The van der Waals surface area contributed by atoms with Gasteiger partial charge in [0.05, 0.1) is 17.7 Å². The topological polar surface area (TPSA) is 60.8 Å². The van der Waals surface area contributed by atoms with Gasteiger partial charge < -0.3 is 15.1 Å². The summed E-state index contributed by atoms with van der Waals surface area (Å²) in [7, 11) is 0. The Labute approximate surface area is 123 Å². The molecule has 20 heavy (non-hydrogen) atoms. The van der Waals surface area contributed by atoms with E-state index in [2.05, 4.69) is 11.8 Å². The van der Waals surface area contributed by atoms with Crippen LogP contribution in [0.1, 0.15) is 28.8 Å². The largest absolute Gasteiger partial charge is 0.395 e. The molecule has 1 aromatic carbocycles. The Hall–Kier alpha value is -1.54. The second-order valence-electron chi connectivity index (χ2n) is 4.66. The Morgan fingerprint density at radius 3 is 2.90 bits per heavy atom. The molecule has 1 aromatic rings. The lowest BCUT2D eigenvalue weighted by atomic mass is 10.1. The van der Waals surface area contributed by atoms with Crippen LogP contribution in [-0.4, -0.2) is 46.8 Å². The van der Waals surface area contributed by atoms with E-state index in [-0.39, 0.29) is 12.5 Å². The van der Waals surface area contributed by atoms with Crippen molar-refractivity contribution in [2.75, 3.05) is 19.7 Å². The van der Waals surface area contributed by atoms with Crippen LogP contribution in [0.2, 0.25) is 5.02 Å². The zero-order valence-electron chi connectivity index (χ0n) is 11.0. The summed E-state index contributed by atoms with van der Waals surface area (Å²) in [6, 6.07) is 4.98. The van der Waals surface area contributed by atoms with Crippen molar-refractivity contribution in [3.05, 3.63) is 34.3 Å². The highest BCUT2D eigenvalue weighted by Crippen LogP contribution is 2.20. The smallest absolute Gasteiger partial charge is 0.253 e. The van der Waals surface area contributed by atoms with E-state index in [1.54, 1.807) is 23.1 Å². The number of carbonyl (C=O) groups is 1. The van der Waals surface area contributed by atoms with Crippen LogP contribution in [0.5, 0.6) is 0 Å². The molecule has 0 bridgehead atoms. The van der Waals surface area contributed by atoms with Crippen LogP contribution in [0.3, 0.4) is 0 Å². The van der Waals surface area contributed by atoms with Crippen molar-refractivity contribution < 1.29 is 15.0 Å². The van der Waals surface area contributed by atoms with Gasteiger partial charge in [-0.2, -0.15) is 0 Å². The zero-order chi connectivity index (χ0) is 14.5. The zero-order valence-corrected chi connectivity index (χ0v) is 11.7. The normalized spacial score (nSPS) is 17.8. The van der Waals surface area contributed by atoms with Crippen LogP contribution in [0.25, 0.3) is 0 Å². The average molecular weight is 294 g/mol. The fourth-order valence-electron chi connectivity index (χ4n) is 2.07. The third kappa shape index (κ3) is 3.51. The first-order valence-corrected chi connectivity index (χ1v) is 6.86. The van der Waals surface area contributed by atoms with Crippen LogP contribution in [0.15, 0.2) is 18.2 Å². The van der Waals surface area contributed by atoms with Crippen molar-refractivity contribution in [3.8, 4) is 11.8 Å². The summed E-state index contributed by atoms with van der Waals surface area (Å²) in [5.41, 5.74) is 1.13. The number of aliphatic hydroxyl groups excluding tert-OH is 2. The van der Waals surface area contributed by atoms with Gasteiger partial charge in [0.2, 0.25) is 0 Å². The molecule has 1 unspecified atom stereocenters. The van der Waals surface area contributed by atoms with Crippen LogP contribution >= 0.6 is 11.6 Å². The van der Waals surface area contributed by atoms with Gasteiger partial charge in [-0.15, -0.1) is 0 Å². The molecule has 2 rings (SSSR count). The molecule has 0 aliphatic carbocycles. The summed E-state index contributed by atoms with van der Waals surface area (Å²) in [6.45, 7) is 0.947. The van der Waals surface area contributed by atoms with Crippen molar-refractivity contribution in [3.63, 3.8) is 0 Å². The van der Waals surface area contributed by atoms with Gasteiger partial charge in [0.25, 0.3) is 5.91 Å². The van der Waals surface area contributed by atoms with Crippen LogP contribution < -0.4 is 0 Å². The number of hydrogen-bond acceptors (Lipinski definition) is 3. The monoisotopic (exact) mass is 293 g/mol. The van der Waals surface area contributed by atoms with E-state index < -0.39 is 6.10 Å². The first-order chi connectivity index (χ1) is 9.61. The number of β-amino-alcohol motifs (C(OH)–C–C–N with tert-alkyl or cyclic N) is 1. The van der Waals surface area contributed by atoms with Gasteiger partial charge in [0.15, 0.2) is 0 Å². The minimum absolute atomic E-state index is 0.0124. The molecule has 0 radical (unpaired) electrons. The lowest BCUT2D eigenvalue weighted by molar-refractivity contribution is 0.0765. The highest BCUT2D eigenvalue weighted by Gasteiger charge is 2.25. The maximum Gasteiger partial charge on any atom is 0.253 e. The van der Waals surface area contributed by atoms with E-state index in [4.69, 9.17) is 16.7 Å². The molecule has 0 aromatic heterocycles. The number of halogens is 1. The van der Waals surface area contributed by atoms with Crippen molar-refractivity contribution in [2.24, 2.45) is 0 Å². The lowest BCUT2D eigenvalue weighted by Crippen LogP contribution is -2.29. The van der Waals surface area contributed by atoms with Crippen molar-refractivity contribution in [1.82, 2.24) is 4.90 Å². The number of aliphatic hydroxyl groups is 2. The lowest BCUT2D eigenvalue weighted by Gasteiger charge is -2.15. The number of amides is 1. The van der Waals surface area contributed by atoms with Gasteiger partial charge in [-0.3, -0.25) is 4.79 Å². The van der Waals surface area contributed by atoms with Crippen molar-refractivity contribution >= 4 is 17.5 Å². The Balaban J connectivity index is 2.13.